The summed E-state index contributed by atoms with van der Waals surface area (Å²) in [5.74, 6) is -1.60. The number of aromatic nitrogens is 1. The number of ether oxygens (including phenoxy) is 1. The normalized spacial score (nSPS) is 11.2. The third kappa shape index (κ3) is 5.80. The topological polar surface area (TPSA) is 68.3 Å². The number of halogens is 4. The third-order valence-electron chi connectivity index (χ3n) is 3.84. The average Bonchev–Trinajstić information content (AvgIpc) is 3.15. The highest BCUT2D eigenvalue weighted by Crippen LogP contribution is 2.34. The molecule has 0 saturated carbocycles. The van der Waals surface area contributed by atoms with Gasteiger partial charge in [0.1, 0.15) is 5.01 Å². The fraction of sp³-hybridized carbons (Fsp3) is 0.150. The fourth-order valence-corrected chi connectivity index (χ4v) is 3.44. The molecule has 0 unspecified atom stereocenters. The molecule has 10 heteroatoms. The summed E-state index contributed by atoms with van der Waals surface area (Å²) in [5.41, 5.74) is -0.0930. The molecular formula is C20H14ClF3N2O3S. The van der Waals surface area contributed by atoms with Gasteiger partial charge in [-0.25, -0.2) is 4.98 Å². The van der Waals surface area contributed by atoms with Gasteiger partial charge in [-0.1, -0.05) is 35.9 Å². The first-order valence-electron chi connectivity index (χ1n) is 8.54. The summed E-state index contributed by atoms with van der Waals surface area (Å²) < 4.78 is 43.7. The van der Waals surface area contributed by atoms with Gasteiger partial charge in [0.05, 0.1) is 23.4 Å². The molecule has 0 aliphatic carbocycles. The Morgan fingerprint density at radius 2 is 1.80 bits per heavy atom. The van der Waals surface area contributed by atoms with E-state index >= 15 is 0 Å². The Kier molecular flexibility index (Phi) is 6.73. The Balaban J connectivity index is 1.53. The van der Waals surface area contributed by atoms with Crippen molar-refractivity contribution in [2.45, 2.75) is 12.6 Å². The van der Waals surface area contributed by atoms with Gasteiger partial charge >= 0.3 is 12.1 Å². The number of para-hydroxylation sites is 1. The monoisotopic (exact) mass is 454 g/mol. The van der Waals surface area contributed by atoms with Crippen molar-refractivity contribution in [1.82, 2.24) is 4.98 Å². The van der Waals surface area contributed by atoms with Gasteiger partial charge in [-0.15, -0.1) is 11.3 Å². The number of thiazole rings is 1. The molecule has 3 rings (SSSR count). The van der Waals surface area contributed by atoms with Crippen LogP contribution in [0.4, 0.5) is 18.9 Å². The number of amides is 1. The van der Waals surface area contributed by atoms with Gasteiger partial charge in [0, 0.05) is 16.0 Å². The lowest BCUT2D eigenvalue weighted by Gasteiger charge is -2.13. The van der Waals surface area contributed by atoms with Crippen molar-refractivity contribution in [1.29, 1.82) is 0 Å². The Bertz CT molecular complexity index is 1050. The molecule has 1 N–H and O–H groups in total. The van der Waals surface area contributed by atoms with Gasteiger partial charge in [0.25, 0.3) is 5.91 Å². The van der Waals surface area contributed by atoms with Gasteiger partial charge < -0.3 is 10.1 Å². The van der Waals surface area contributed by atoms with Crippen LogP contribution in [0.2, 0.25) is 5.02 Å². The lowest BCUT2D eigenvalue weighted by molar-refractivity contribution is -0.146. The molecule has 0 aliphatic rings. The lowest BCUT2D eigenvalue weighted by Crippen LogP contribution is -2.23. The molecule has 0 aliphatic heterocycles. The van der Waals surface area contributed by atoms with E-state index in [2.05, 4.69) is 10.3 Å². The Morgan fingerprint density at radius 1 is 1.10 bits per heavy atom. The molecule has 0 atom stereocenters. The summed E-state index contributed by atoms with van der Waals surface area (Å²) in [6.07, 6.45) is -4.79. The SMILES string of the molecule is O=C(COC(=O)Cc1csc(-c2ccc(Cl)cc2)n1)Nc1ccccc1C(F)(F)F. The molecule has 1 amide bonds. The quantitative estimate of drug-likeness (QED) is 0.519. The second-order valence-corrected chi connectivity index (χ2v) is 7.37. The fourth-order valence-electron chi connectivity index (χ4n) is 2.48. The van der Waals surface area contributed by atoms with Crippen LogP contribution in [0.5, 0.6) is 0 Å². The molecule has 0 saturated heterocycles. The van der Waals surface area contributed by atoms with Crippen LogP contribution in [0, 0.1) is 0 Å². The van der Waals surface area contributed by atoms with Crippen molar-refractivity contribution in [2.24, 2.45) is 0 Å². The van der Waals surface area contributed by atoms with Crippen LogP contribution in [0.1, 0.15) is 11.3 Å². The van der Waals surface area contributed by atoms with E-state index in [1.165, 1.54) is 23.5 Å². The number of hydrogen-bond acceptors (Lipinski definition) is 5. The number of hydrogen-bond donors (Lipinski definition) is 1. The predicted molar refractivity (Wildman–Crippen MR) is 107 cm³/mol. The molecule has 3 aromatic rings. The van der Waals surface area contributed by atoms with E-state index in [-0.39, 0.29) is 6.42 Å². The molecule has 30 heavy (non-hydrogen) atoms. The van der Waals surface area contributed by atoms with Crippen molar-refractivity contribution < 1.29 is 27.5 Å². The zero-order valence-electron chi connectivity index (χ0n) is 15.2. The van der Waals surface area contributed by atoms with Crippen molar-refractivity contribution in [2.75, 3.05) is 11.9 Å². The maximum Gasteiger partial charge on any atom is 0.418 e. The standard InChI is InChI=1S/C20H14ClF3N2O3S/c21-13-7-5-12(6-8-13)19-25-14(11-30-19)9-18(28)29-10-17(27)26-16-4-2-1-3-15(16)20(22,23)24/h1-8,11H,9-10H2,(H,26,27). The number of rotatable bonds is 6. The number of alkyl halides is 3. The lowest BCUT2D eigenvalue weighted by atomic mass is 10.1. The molecule has 2 aromatic carbocycles. The van der Waals surface area contributed by atoms with Crippen LogP contribution in [0.15, 0.2) is 53.9 Å². The summed E-state index contributed by atoms with van der Waals surface area (Å²) >= 11 is 7.18. The van der Waals surface area contributed by atoms with Crippen LogP contribution in [0.3, 0.4) is 0 Å². The summed E-state index contributed by atoms with van der Waals surface area (Å²) in [4.78, 5) is 28.2. The van der Waals surface area contributed by atoms with E-state index in [4.69, 9.17) is 16.3 Å². The largest absolute Gasteiger partial charge is 0.455 e. The van der Waals surface area contributed by atoms with Crippen molar-refractivity contribution in [3.63, 3.8) is 0 Å². The number of esters is 1. The number of carbonyl (C=O) groups excluding carboxylic acids is 2. The maximum absolute atomic E-state index is 13.0. The average molecular weight is 455 g/mol. The van der Waals surface area contributed by atoms with Crippen LogP contribution in [-0.2, 0) is 26.9 Å². The van der Waals surface area contributed by atoms with Crippen LogP contribution in [0.25, 0.3) is 10.6 Å². The minimum Gasteiger partial charge on any atom is -0.455 e. The van der Waals surface area contributed by atoms with Crippen LogP contribution in [-0.4, -0.2) is 23.5 Å². The number of nitrogens with one attached hydrogen (secondary N) is 1. The highest BCUT2D eigenvalue weighted by Gasteiger charge is 2.33. The number of anilines is 1. The van der Waals surface area contributed by atoms with Crippen molar-refractivity contribution >= 4 is 40.5 Å². The van der Waals surface area contributed by atoms with E-state index in [9.17, 15) is 22.8 Å². The van der Waals surface area contributed by atoms with Crippen molar-refractivity contribution in [3.05, 3.63) is 70.2 Å². The highest BCUT2D eigenvalue weighted by atomic mass is 35.5. The summed E-state index contributed by atoms with van der Waals surface area (Å²) in [5, 5.41) is 5.07. The number of nitrogens with zero attached hydrogens (tertiary/aromatic N) is 1. The van der Waals surface area contributed by atoms with Gasteiger partial charge in [-0.3, -0.25) is 9.59 Å². The first-order valence-corrected chi connectivity index (χ1v) is 9.80. The minimum absolute atomic E-state index is 0.170. The van der Waals surface area contributed by atoms with Gasteiger partial charge in [0.15, 0.2) is 6.61 Å². The Morgan fingerprint density at radius 3 is 2.50 bits per heavy atom. The third-order valence-corrected chi connectivity index (χ3v) is 5.03. The minimum atomic E-state index is -4.62. The zero-order chi connectivity index (χ0) is 21.7. The van der Waals surface area contributed by atoms with E-state index < -0.39 is 35.9 Å². The highest BCUT2D eigenvalue weighted by molar-refractivity contribution is 7.13. The molecule has 1 aromatic heterocycles. The number of benzene rings is 2. The number of carbonyl (C=O) groups is 2. The predicted octanol–water partition coefficient (Wildman–Crippen LogP) is 5.21. The van der Waals surface area contributed by atoms with E-state index in [0.29, 0.717) is 15.7 Å². The Hall–Kier alpha value is -2.91. The van der Waals surface area contributed by atoms with Crippen LogP contribution >= 0.6 is 22.9 Å². The summed E-state index contributed by atoms with van der Waals surface area (Å²) in [6.45, 7) is -0.709. The molecule has 0 spiro atoms. The molecule has 5 nitrogen and oxygen atoms in total. The first kappa shape index (κ1) is 21.8. The molecular weight excluding hydrogens is 441 g/mol. The summed E-state index contributed by atoms with van der Waals surface area (Å²) in [7, 11) is 0. The molecule has 0 fully saturated rings. The molecule has 156 valence electrons. The zero-order valence-corrected chi connectivity index (χ0v) is 16.8. The Labute approximate surface area is 178 Å². The van der Waals surface area contributed by atoms with Crippen molar-refractivity contribution in [3.8, 4) is 10.6 Å². The molecule has 1 heterocycles. The molecule has 0 bridgehead atoms. The first-order chi connectivity index (χ1) is 14.2. The maximum atomic E-state index is 13.0. The van der Waals surface area contributed by atoms with Gasteiger partial charge in [-0.2, -0.15) is 13.2 Å². The van der Waals surface area contributed by atoms with Crippen LogP contribution < -0.4 is 5.32 Å². The second-order valence-electron chi connectivity index (χ2n) is 6.08. The molecule has 0 radical (unpaired) electrons. The smallest absolute Gasteiger partial charge is 0.418 e. The van der Waals surface area contributed by atoms with E-state index in [0.717, 1.165) is 17.7 Å². The van der Waals surface area contributed by atoms with Gasteiger partial charge in [0.2, 0.25) is 0 Å². The van der Waals surface area contributed by atoms with E-state index in [1.807, 2.05) is 0 Å². The second kappa shape index (κ2) is 9.27. The van der Waals surface area contributed by atoms with E-state index in [1.54, 1.807) is 29.6 Å². The summed E-state index contributed by atoms with van der Waals surface area (Å²) in [6, 6.07) is 11.6. The van der Waals surface area contributed by atoms with Gasteiger partial charge in [-0.05, 0) is 24.3 Å².